The van der Waals surface area contributed by atoms with Gasteiger partial charge in [-0.2, -0.15) is 0 Å². The molecule has 0 radical (unpaired) electrons. The van der Waals surface area contributed by atoms with E-state index in [1.807, 2.05) is 0 Å². The average molecular weight is 226 g/mol. The van der Waals surface area contributed by atoms with Crippen LogP contribution in [0, 0.1) is 5.92 Å². The minimum atomic E-state index is -2.83. The number of nitrogens with one attached hydrogen (secondary N) is 1. The van der Waals surface area contributed by atoms with Crippen LogP contribution in [0.2, 0.25) is 0 Å². The van der Waals surface area contributed by atoms with E-state index in [1.54, 1.807) is 0 Å². The molecule has 0 aromatic heterocycles. The number of hydrogen-bond acceptors (Lipinski definition) is 3. The molecule has 1 unspecified atom stereocenters. The molecule has 0 aromatic rings. The van der Waals surface area contributed by atoms with E-state index in [4.69, 9.17) is 11.6 Å². The maximum Gasteiger partial charge on any atom is 0.234 e. The van der Waals surface area contributed by atoms with Crippen molar-refractivity contribution in [1.29, 1.82) is 0 Å². The summed E-state index contributed by atoms with van der Waals surface area (Å²) in [6.45, 7) is 0.421. The highest BCUT2D eigenvalue weighted by molar-refractivity contribution is 7.91. The number of amides is 1. The molecule has 1 heterocycles. The number of halogens is 1. The Balaban J connectivity index is 2.29. The van der Waals surface area contributed by atoms with Crippen LogP contribution in [0.4, 0.5) is 0 Å². The number of alkyl halides is 1. The van der Waals surface area contributed by atoms with Gasteiger partial charge in [0.15, 0.2) is 9.84 Å². The van der Waals surface area contributed by atoms with E-state index in [0.717, 1.165) is 0 Å². The van der Waals surface area contributed by atoms with Gasteiger partial charge in [-0.25, -0.2) is 8.42 Å². The highest BCUT2D eigenvalue weighted by Crippen LogP contribution is 2.17. The van der Waals surface area contributed by atoms with Crippen LogP contribution in [0.1, 0.15) is 6.42 Å². The normalized spacial score (nSPS) is 25.8. The van der Waals surface area contributed by atoms with Crippen molar-refractivity contribution in [2.24, 2.45) is 5.92 Å². The molecule has 76 valence electrons. The lowest BCUT2D eigenvalue weighted by molar-refractivity contribution is -0.118. The lowest BCUT2D eigenvalue weighted by Gasteiger charge is -2.07. The Kier molecular flexibility index (Phi) is 3.55. The van der Waals surface area contributed by atoms with Gasteiger partial charge < -0.3 is 5.32 Å². The molecule has 1 aliphatic heterocycles. The third-order valence-electron chi connectivity index (χ3n) is 2.04. The molecule has 1 aliphatic rings. The summed E-state index contributed by atoms with van der Waals surface area (Å²) in [6, 6.07) is 0. The number of carbonyl (C=O) groups excluding carboxylic acids is 1. The zero-order valence-corrected chi connectivity index (χ0v) is 8.70. The molecule has 1 atom stereocenters. The summed E-state index contributed by atoms with van der Waals surface area (Å²) in [4.78, 5) is 10.7. The molecule has 0 spiro atoms. The Morgan fingerprint density at radius 3 is 2.69 bits per heavy atom. The van der Waals surface area contributed by atoms with Gasteiger partial charge in [-0.3, -0.25) is 4.79 Å². The van der Waals surface area contributed by atoms with E-state index in [2.05, 4.69) is 5.32 Å². The van der Waals surface area contributed by atoms with Crippen LogP contribution in [0.3, 0.4) is 0 Å². The Bertz CT molecular complexity index is 288. The largest absolute Gasteiger partial charge is 0.355 e. The SMILES string of the molecule is O=C(CCl)NCC1CCS(=O)(=O)C1. The minimum Gasteiger partial charge on any atom is -0.355 e. The van der Waals surface area contributed by atoms with Gasteiger partial charge in [0, 0.05) is 6.54 Å². The molecule has 1 amide bonds. The summed E-state index contributed by atoms with van der Waals surface area (Å²) in [7, 11) is -2.83. The fraction of sp³-hybridized carbons (Fsp3) is 0.857. The van der Waals surface area contributed by atoms with Gasteiger partial charge in [0.1, 0.15) is 5.88 Å². The Labute approximate surface area is 82.6 Å². The molecule has 0 saturated carbocycles. The van der Waals surface area contributed by atoms with E-state index >= 15 is 0 Å². The third kappa shape index (κ3) is 3.52. The standard InChI is InChI=1S/C7H12ClNO3S/c8-3-7(10)9-4-6-1-2-13(11,12)5-6/h6H,1-5H2,(H,9,10). The molecule has 0 bridgehead atoms. The Morgan fingerprint density at radius 1 is 1.54 bits per heavy atom. The molecule has 0 aromatic carbocycles. The van der Waals surface area contributed by atoms with Crippen molar-refractivity contribution in [3.63, 3.8) is 0 Å². The molecule has 0 aliphatic carbocycles. The van der Waals surface area contributed by atoms with E-state index in [0.29, 0.717) is 13.0 Å². The van der Waals surface area contributed by atoms with Crippen molar-refractivity contribution in [1.82, 2.24) is 5.32 Å². The first-order valence-corrected chi connectivity index (χ1v) is 6.42. The first-order chi connectivity index (χ1) is 6.03. The van der Waals surface area contributed by atoms with Crippen LogP contribution >= 0.6 is 11.6 Å². The summed E-state index contributed by atoms with van der Waals surface area (Å²) in [5.41, 5.74) is 0. The summed E-state index contributed by atoms with van der Waals surface area (Å²) < 4.78 is 22.0. The van der Waals surface area contributed by atoms with E-state index in [-0.39, 0.29) is 29.2 Å². The molecular formula is C7H12ClNO3S. The fourth-order valence-electron chi connectivity index (χ4n) is 1.34. The number of hydrogen-bond donors (Lipinski definition) is 1. The van der Waals surface area contributed by atoms with Gasteiger partial charge in [0.2, 0.25) is 5.91 Å². The van der Waals surface area contributed by atoms with Crippen molar-refractivity contribution in [2.45, 2.75) is 6.42 Å². The van der Waals surface area contributed by atoms with Crippen molar-refractivity contribution in [3.8, 4) is 0 Å². The predicted octanol–water partition coefficient (Wildman–Crippen LogP) is -0.224. The zero-order valence-electron chi connectivity index (χ0n) is 7.12. The van der Waals surface area contributed by atoms with Crippen molar-refractivity contribution in [2.75, 3.05) is 23.9 Å². The minimum absolute atomic E-state index is 0.0668. The lowest BCUT2D eigenvalue weighted by atomic mass is 10.1. The van der Waals surface area contributed by atoms with Gasteiger partial charge >= 0.3 is 0 Å². The lowest BCUT2D eigenvalue weighted by Crippen LogP contribution is -2.30. The van der Waals surface area contributed by atoms with Crippen molar-refractivity contribution < 1.29 is 13.2 Å². The van der Waals surface area contributed by atoms with Gasteiger partial charge in [0.05, 0.1) is 11.5 Å². The third-order valence-corrected chi connectivity index (χ3v) is 4.12. The second kappa shape index (κ2) is 4.28. The van der Waals surface area contributed by atoms with Crippen LogP contribution in [-0.4, -0.2) is 38.3 Å². The molecule has 1 N–H and O–H groups in total. The molecule has 1 fully saturated rings. The predicted molar refractivity (Wildman–Crippen MR) is 50.5 cm³/mol. The topological polar surface area (TPSA) is 63.2 Å². The van der Waals surface area contributed by atoms with E-state index in [1.165, 1.54) is 0 Å². The second-order valence-corrected chi connectivity index (χ2v) is 5.70. The van der Waals surface area contributed by atoms with Gasteiger partial charge in [-0.15, -0.1) is 11.6 Å². The molecule has 4 nitrogen and oxygen atoms in total. The zero-order chi connectivity index (χ0) is 9.90. The van der Waals surface area contributed by atoms with Crippen LogP contribution < -0.4 is 5.32 Å². The van der Waals surface area contributed by atoms with Crippen molar-refractivity contribution >= 4 is 27.3 Å². The van der Waals surface area contributed by atoms with Gasteiger partial charge in [-0.05, 0) is 12.3 Å². The van der Waals surface area contributed by atoms with Crippen LogP contribution in [0.15, 0.2) is 0 Å². The summed E-state index contributed by atoms with van der Waals surface area (Å²) >= 11 is 5.26. The number of rotatable bonds is 3. The molecule has 13 heavy (non-hydrogen) atoms. The maximum absolute atomic E-state index is 11.0. The maximum atomic E-state index is 11.0. The van der Waals surface area contributed by atoms with Crippen LogP contribution in [0.25, 0.3) is 0 Å². The monoisotopic (exact) mass is 225 g/mol. The summed E-state index contributed by atoms with van der Waals surface area (Å²) in [5.74, 6) is 0.187. The van der Waals surface area contributed by atoms with E-state index in [9.17, 15) is 13.2 Å². The molecule has 6 heteroatoms. The quantitative estimate of drug-likeness (QED) is 0.676. The molecule has 1 rings (SSSR count). The highest BCUT2D eigenvalue weighted by Gasteiger charge is 2.27. The van der Waals surface area contributed by atoms with Crippen LogP contribution in [0.5, 0.6) is 0 Å². The highest BCUT2D eigenvalue weighted by atomic mass is 35.5. The van der Waals surface area contributed by atoms with Crippen LogP contribution in [-0.2, 0) is 14.6 Å². The second-order valence-electron chi connectivity index (χ2n) is 3.21. The smallest absolute Gasteiger partial charge is 0.234 e. The van der Waals surface area contributed by atoms with Gasteiger partial charge in [-0.1, -0.05) is 0 Å². The first-order valence-electron chi connectivity index (χ1n) is 4.06. The fourth-order valence-corrected chi connectivity index (χ4v) is 3.29. The number of carbonyl (C=O) groups is 1. The molecular weight excluding hydrogens is 214 g/mol. The number of sulfone groups is 1. The molecule has 1 saturated heterocycles. The van der Waals surface area contributed by atoms with E-state index < -0.39 is 9.84 Å². The summed E-state index contributed by atoms with van der Waals surface area (Å²) in [6.07, 6.45) is 0.644. The first kappa shape index (κ1) is 10.8. The van der Waals surface area contributed by atoms with Gasteiger partial charge in [0.25, 0.3) is 0 Å². The van der Waals surface area contributed by atoms with Crippen molar-refractivity contribution in [3.05, 3.63) is 0 Å². The Morgan fingerprint density at radius 2 is 2.23 bits per heavy atom. The summed E-state index contributed by atoms with van der Waals surface area (Å²) in [5, 5.41) is 2.58. The average Bonchev–Trinajstić information content (AvgIpc) is 2.41. The Hall–Kier alpha value is -0.290.